The largest absolute Gasteiger partial charge is 0.398 e. The Kier molecular flexibility index (Phi) is 4.59. The van der Waals surface area contributed by atoms with E-state index in [0.717, 1.165) is 10.0 Å². The van der Waals surface area contributed by atoms with Gasteiger partial charge in [0.1, 0.15) is 0 Å². The highest BCUT2D eigenvalue weighted by Crippen LogP contribution is 2.18. The van der Waals surface area contributed by atoms with Crippen molar-refractivity contribution in [1.82, 2.24) is 5.32 Å². The van der Waals surface area contributed by atoms with E-state index < -0.39 is 5.91 Å². The molecule has 0 aliphatic carbocycles. The topological polar surface area (TPSA) is 98.2 Å². The van der Waals surface area contributed by atoms with Crippen LogP contribution in [0.15, 0.2) is 46.9 Å². The van der Waals surface area contributed by atoms with E-state index in [0.29, 0.717) is 16.8 Å². The first kappa shape index (κ1) is 15.1. The Hall–Kier alpha value is -2.34. The normalized spacial score (nSPS) is 10.1. The van der Waals surface area contributed by atoms with E-state index in [1.54, 1.807) is 42.5 Å². The van der Waals surface area contributed by atoms with Gasteiger partial charge in [0.25, 0.3) is 5.91 Å². The van der Waals surface area contributed by atoms with Crippen molar-refractivity contribution in [2.24, 2.45) is 5.73 Å². The first-order chi connectivity index (χ1) is 9.97. The molecule has 5 nitrogen and oxygen atoms in total. The van der Waals surface area contributed by atoms with E-state index in [-0.39, 0.29) is 12.5 Å². The van der Waals surface area contributed by atoms with Crippen LogP contribution in [0.25, 0.3) is 0 Å². The van der Waals surface area contributed by atoms with Crippen molar-refractivity contribution in [3.63, 3.8) is 0 Å². The Morgan fingerprint density at radius 3 is 2.62 bits per heavy atom. The molecule has 0 unspecified atom stereocenters. The van der Waals surface area contributed by atoms with Gasteiger partial charge in [-0.25, -0.2) is 0 Å². The van der Waals surface area contributed by atoms with Gasteiger partial charge in [0, 0.05) is 22.3 Å². The number of hydrogen-bond donors (Lipinski definition) is 3. The minimum Gasteiger partial charge on any atom is -0.398 e. The van der Waals surface area contributed by atoms with Crippen molar-refractivity contribution in [2.75, 3.05) is 5.73 Å². The number of primary amides is 1. The highest BCUT2D eigenvalue weighted by atomic mass is 79.9. The van der Waals surface area contributed by atoms with Crippen LogP contribution in [0.3, 0.4) is 0 Å². The summed E-state index contributed by atoms with van der Waals surface area (Å²) < 4.78 is 0.776. The molecule has 0 saturated heterocycles. The third-order valence-electron chi connectivity index (χ3n) is 2.92. The number of carbonyl (C=O) groups is 2. The van der Waals surface area contributed by atoms with E-state index in [1.807, 2.05) is 0 Å². The number of halogens is 1. The molecule has 5 N–H and O–H groups in total. The van der Waals surface area contributed by atoms with Crippen molar-refractivity contribution < 1.29 is 9.59 Å². The molecule has 0 radical (unpaired) electrons. The first-order valence-electron chi connectivity index (χ1n) is 6.19. The zero-order valence-corrected chi connectivity index (χ0v) is 12.7. The second kappa shape index (κ2) is 6.41. The number of anilines is 1. The third-order valence-corrected chi connectivity index (χ3v) is 3.42. The molecule has 6 heteroatoms. The number of nitrogens with one attached hydrogen (secondary N) is 1. The fourth-order valence-corrected chi connectivity index (χ4v) is 2.20. The Morgan fingerprint density at radius 2 is 1.90 bits per heavy atom. The average Bonchev–Trinajstić information content (AvgIpc) is 2.47. The van der Waals surface area contributed by atoms with Gasteiger partial charge < -0.3 is 16.8 Å². The summed E-state index contributed by atoms with van der Waals surface area (Å²) in [5.74, 6) is -0.780. The predicted molar refractivity (Wildman–Crippen MR) is 84.7 cm³/mol. The van der Waals surface area contributed by atoms with Crippen LogP contribution in [0.5, 0.6) is 0 Å². The molecule has 2 rings (SSSR count). The lowest BCUT2D eigenvalue weighted by atomic mass is 10.1. The fraction of sp³-hybridized carbons (Fsp3) is 0.0667. The zero-order valence-electron chi connectivity index (χ0n) is 11.1. The highest BCUT2D eigenvalue weighted by Gasteiger charge is 2.10. The Balaban J connectivity index is 2.09. The van der Waals surface area contributed by atoms with Crippen LogP contribution in [-0.2, 0) is 6.54 Å². The Morgan fingerprint density at radius 1 is 1.14 bits per heavy atom. The van der Waals surface area contributed by atoms with Crippen LogP contribution < -0.4 is 16.8 Å². The quantitative estimate of drug-likeness (QED) is 0.738. The SMILES string of the molecule is NC(=O)c1cccc(CNC(=O)c2cc(Br)ccc2N)c1. The number of amides is 2. The molecule has 21 heavy (non-hydrogen) atoms. The van der Waals surface area contributed by atoms with Gasteiger partial charge >= 0.3 is 0 Å². The van der Waals surface area contributed by atoms with Gasteiger partial charge in [-0.05, 0) is 35.9 Å². The van der Waals surface area contributed by atoms with Crippen LogP contribution in [0, 0.1) is 0 Å². The molecule has 108 valence electrons. The lowest BCUT2D eigenvalue weighted by Crippen LogP contribution is -2.24. The van der Waals surface area contributed by atoms with Crippen LogP contribution >= 0.6 is 15.9 Å². The molecule has 0 aliphatic heterocycles. The number of carbonyl (C=O) groups excluding carboxylic acids is 2. The number of rotatable bonds is 4. The lowest BCUT2D eigenvalue weighted by molar-refractivity contribution is 0.0951. The van der Waals surface area contributed by atoms with E-state index in [1.165, 1.54) is 0 Å². The first-order valence-corrected chi connectivity index (χ1v) is 6.98. The number of benzene rings is 2. The number of nitrogen functional groups attached to an aromatic ring is 1. The van der Waals surface area contributed by atoms with E-state index in [9.17, 15) is 9.59 Å². The Bertz CT molecular complexity index is 701. The summed E-state index contributed by atoms with van der Waals surface area (Å²) in [4.78, 5) is 23.2. The monoisotopic (exact) mass is 347 g/mol. The molecule has 0 saturated carbocycles. The molecule has 2 amide bonds. The molecule has 0 heterocycles. The van der Waals surface area contributed by atoms with Gasteiger partial charge in [0.05, 0.1) is 5.56 Å². The third kappa shape index (κ3) is 3.82. The molecule has 0 spiro atoms. The standard InChI is InChI=1S/C15H14BrN3O2/c16-11-4-5-13(17)12(7-11)15(21)19-8-9-2-1-3-10(6-9)14(18)20/h1-7H,8,17H2,(H2,18,20)(H,19,21). The second-order valence-corrected chi connectivity index (χ2v) is 5.39. The van der Waals surface area contributed by atoms with E-state index in [2.05, 4.69) is 21.2 Å². The van der Waals surface area contributed by atoms with Crippen LogP contribution in [-0.4, -0.2) is 11.8 Å². The maximum absolute atomic E-state index is 12.1. The van der Waals surface area contributed by atoms with Gasteiger partial charge in [-0.1, -0.05) is 28.1 Å². The predicted octanol–water partition coefficient (Wildman–Crippen LogP) is 2.06. The zero-order chi connectivity index (χ0) is 15.4. The molecule has 2 aromatic carbocycles. The molecular formula is C15H14BrN3O2. The van der Waals surface area contributed by atoms with Crippen molar-refractivity contribution in [2.45, 2.75) is 6.54 Å². The number of hydrogen-bond acceptors (Lipinski definition) is 3. The number of nitrogens with two attached hydrogens (primary N) is 2. The van der Waals surface area contributed by atoms with Crippen LogP contribution in [0.2, 0.25) is 0 Å². The maximum Gasteiger partial charge on any atom is 0.253 e. The summed E-state index contributed by atoms with van der Waals surface area (Å²) in [6.45, 7) is 0.284. The van der Waals surface area contributed by atoms with Crippen molar-refractivity contribution in [1.29, 1.82) is 0 Å². The van der Waals surface area contributed by atoms with Gasteiger partial charge in [-0.2, -0.15) is 0 Å². The molecule has 0 aromatic heterocycles. The lowest BCUT2D eigenvalue weighted by Gasteiger charge is -2.08. The minimum absolute atomic E-state index is 0.279. The van der Waals surface area contributed by atoms with Gasteiger partial charge in [0.2, 0.25) is 5.91 Å². The summed E-state index contributed by atoms with van der Waals surface area (Å²) >= 11 is 3.30. The molecule has 0 aliphatic rings. The molecule has 0 fully saturated rings. The second-order valence-electron chi connectivity index (χ2n) is 4.48. The summed E-state index contributed by atoms with van der Waals surface area (Å²) in [5, 5.41) is 2.76. The van der Waals surface area contributed by atoms with Crippen LogP contribution in [0.1, 0.15) is 26.3 Å². The summed E-state index contributed by atoms with van der Waals surface area (Å²) in [5.41, 5.74) is 13.0. The molecule has 0 bridgehead atoms. The van der Waals surface area contributed by atoms with E-state index >= 15 is 0 Å². The smallest absolute Gasteiger partial charge is 0.253 e. The maximum atomic E-state index is 12.1. The fourth-order valence-electron chi connectivity index (χ4n) is 1.84. The molecule has 2 aromatic rings. The average molecular weight is 348 g/mol. The summed E-state index contributed by atoms with van der Waals surface area (Å²) in [6, 6.07) is 11.9. The van der Waals surface area contributed by atoms with Crippen molar-refractivity contribution in [3.05, 3.63) is 63.6 Å². The summed E-state index contributed by atoms with van der Waals surface area (Å²) in [7, 11) is 0. The molecule has 0 atom stereocenters. The van der Waals surface area contributed by atoms with Crippen LogP contribution in [0.4, 0.5) is 5.69 Å². The Labute approximate surface area is 130 Å². The molecular weight excluding hydrogens is 334 g/mol. The van der Waals surface area contributed by atoms with E-state index in [4.69, 9.17) is 11.5 Å². The van der Waals surface area contributed by atoms with Gasteiger partial charge in [-0.3, -0.25) is 9.59 Å². The summed E-state index contributed by atoms with van der Waals surface area (Å²) in [6.07, 6.45) is 0. The minimum atomic E-state index is -0.501. The van der Waals surface area contributed by atoms with Crippen molar-refractivity contribution >= 4 is 33.4 Å². The van der Waals surface area contributed by atoms with Crippen molar-refractivity contribution in [3.8, 4) is 0 Å². The van der Waals surface area contributed by atoms with Gasteiger partial charge in [-0.15, -0.1) is 0 Å². The van der Waals surface area contributed by atoms with Gasteiger partial charge in [0.15, 0.2) is 0 Å². The highest BCUT2D eigenvalue weighted by molar-refractivity contribution is 9.10.